The molecule has 3 nitrogen and oxygen atoms in total. The molecule has 0 unspecified atom stereocenters. The molecule has 0 fully saturated rings. The van der Waals surface area contributed by atoms with Crippen LogP contribution in [0, 0.1) is 11.3 Å². The van der Waals surface area contributed by atoms with E-state index < -0.39 is 0 Å². The first-order valence-corrected chi connectivity index (χ1v) is 6.79. The molecule has 1 aromatic carbocycles. The first-order valence-electron chi connectivity index (χ1n) is 5.91. The smallest absolute Gasteiger partial charge is 0.150 e. The molecule has 0 aliphatic heterocycles. The van der Waals surface area contributed by atoms with Crippen LogP contribution in [0.15, 0.2) is 54.2 Å². The van der Waals surface area contributed by atoms with Crippen molar-refractivity contribution >= 4 is 11.3 Å². The number of nitriles is 1. The summed E-state index contributed by atoms with van der Waals surface area (Å²) in [5, 5.41) is 11.0. The van der Waals surface area contributed by atoms with Gasteiger partial charge in [0.2, 0.25) is 0 Å². The maximum Gasteiger partial charge on any atom is 0.150 e. The van der Waals surface area contributed by atoms with Gasteiger partial charge in [-0.2, -0.15) is 5.26 Å². The Kier molecular flexibility index (Phi) is 3.13. The molecule has 0 spiro atoms. The van der Waals surface area contributed by atoms with Crippen LogP contribution in [0.25, 0.3) is 10.7 Å². The second-order valence-corrected chi connectivity index (χ2v) is 5.12. The average Bonchev–Trinajstić information content (AvgIpc) is 3.09. The molecule has 0 radical (unpaired) electrons. The van der Waals surface area contributed by atoms with Crippen molar-refractivity contribution in [3.05, 3.63) is 65.3 Å². The van der Waals surface area contributed by atoms with Gasteiger partial charge in [-0.05, 0) is 29.1 Å². The monoisotopic (exact) mass is 265 g/mol. The average molecular weight is 265 g/mol. The summed E-state index contributed by atoms with van der Waals surface area (Å²) < 4.78 is 2.10. The molecule has 0 N–H and O–H groups in total. The van der Waals surface area contributed by atoms with Crippen molar-refractivity contribution in [3.8, 4) is 16.8 Å². The van der Waals surface area contributed by atoms with Gasteiger partial charge in [-0.1, -0.05) is 18.2 Å². The maximum absolute atomic E-state index is 8.93. The van der Waals surface area contributed by atoms with Gasteiger partial charge in [-0.25, -0.2) is 4.98 Å². The minimum absolute atomic E-state index is 0.690. The third-order valence-corrected chi connectivity index (χ3v) is 3.73. The molecule has 0 aliphatic carbocycles. The Bertz CT molecular complexity index is 720. The number of thiophene rings is 1. The first-order chi connectivity index (χ1) is 9.36. The van der Waals surface area contributed by atoms with Crippen LogP contribution >= 0.6 is 11.3 Å². The maximum atomic E-state index is 8.93. The van der Waals surface area contributed by atoms with Crippen LogP contribution in [0.4, 0.5) is 0 Å². The Morgan fingerprint density at radius 1 is 1.26 bits per heavy atom. The van der Waals surface area contributed by atoms with E-state index in [1.165, 1.54) is 0 Å². The number of benzene rings is 1. The van der Waals surface area contributed by atoms with Gasteiger partial charge in [0.15, 0.2) is 0 Å². The topological polar surface area (TPSA) is 41.6 Å². The van der Waals surface area contributed by atoms with Crippen LogP contribution in [0.2, 0.25) is 0 Å². The standard InChI is InChI=1S/C15H11N3S/c16-10-12-3-1-4-13(9-12)11-18-7-6-17-15(18)14-5-2-8-19-14/h1-9H,11H2. The fourth-order valence-electron chi connectivity index (χ4n) is 2.00. The lowest BCUT2D eigenvalue weighted by Gasteiger charge is -2.07. The predicted molar refractivity (Wildman–Crippen MR) is 75.8 cm³/mol. The molecule has 0 aliphatic rings. The zero-order valence-corrected chi connectivity index (χ0v) is 11.0. The minimum Gasteiger partial charge on any atom is -0.326 e. The Hall–Kier alpha value is -2.38. The number of aromatic nitrogens is 2. The first kappa shape index (κ1) is 11.7. The van der Waals surface area contributed by atoms with Crippen molar-refractivity contribution in [2.24, 2.45) is 0 Å². The molecule has 0 bridgehead atoms. The lowest BCUT2D eigenvalue weighted by atomic mass is 10.1. The number of hydrogen-bond donors (Lipinski definition) is 0. The molecule has 2 aromatic heterocycles. The van der Waals surface area contributed by atoms with Gasteiger partial charge in [0.05, 0.1) is 16.5 Å². The number of imidazole rings is 1. The molecule has 19 heavy (non-hydrogen) atoms. The Morgan fingerprint density at radius 3 is 3.00 bits per heavy atom. The van der Waals surface area contributed by atoms with Gasteiger partial charge in [0.1, 0.15) is 5.82 Å². The molecule has 0 saturated carbocycles. The summed E-state index contributed by atoms with van der Waals surface area (Å²) in [5.41, 5.74) is 1.80. The van der Waals surface area contributed by atoms with Gasteiger partial charge in [0.25, 0.3) is 0 Å². The largest absolute Gasteiger partial charge is 0.326 e. The van der Waals surface area contributed by atoms with Crippen LogP contribution in [0.1, 0.15) is 11.1 Å². The van der Waals surface area contributed by atoms with Crippen LogP contribution in [0.3, 0.4) is 0 Å². The fraction of sp³-hybridized carbons (Fsp3) is 0.0667. The lowest BCUT2D eigenvalue weighted by Crippen LogP contribution is -2.00. The lowest BCUT2D eigenvalue weighted by molar-refractivity contribution is 0.808. The van der Waals surface area contributed by atoms with Crippen molar-refractivity contribution in [2.45, 2.75) is 6.54 Å². The predicted octanol–water partition coefficient (Wildman–Crippen LogP) is 3.53. The van der Waals surface area contributed by atoms with Gasteiger partial charge < -0.3 is 4.57 Å². The summed E-state index contributed by atoms with van der Waals surface area (Å²) >= 11 is 1.68. The van der Waals surface area contributed by atoms with Crippen LogP contribution < -0.4 is 0 Å². The molecule has 0 atom stereocenters. The van der Waals surface area contributed by atoms with Gasteiger partial charge in [-0.15, -0.1) is 11.3 Å². The summed E-state index contributed by atoms with van der Waals surface area (Å²) in [4.78, 5) is 5.56. The van der Waals surface area contributed by atoms with Crippen molar-refractivity contribution in [1.82, 2.24) is 9.55 Å². The summed E-state index contributed by atoms with van der Waals surface area (Å²) in [6.07, 6.45) is 3.78. The Morgan fingerprint density at radius 2 is 2.21 bits per heavy atom. The SMILES string of the molecule is N#Cc1cccc(Cn2ccnc2-c2cccs2)c1. The molecule has 3 rings (SSSR count). The van der Waals surface area contributed by atoms with E-state index in [2.05, 4.69) is 21.7 Å². The van der Waals surface area contributed by atoms with E-state index in [9.17, 15) is 0 Å². The van der Waals surface area contributed by atoms with Gasteiger partial charge in [0, 0.05) is 18.9 Å². The molecule has 2 heterocycles. The van der Waals surface area contributed by atoms with E-state index in [0.29, 0.717) is 5.56 Å². The highest BCUT2D eigenvalue weighted by Gasteiger charge is 2.07. The van der Waals surface area contributed by atoms with Crippen LogP contribution in [0.5, 0.6) is 0 Å². The fourth-order valence-corrected chi connectivity index (χ4v) is 2.74. The summed E-state index contributed by atoms with van der Waals surface area (Å²) in [6, 6.07) is 13.9. The Balaban J connectivity index is 1.92. The molecule has 3 aromatic rings. The third-order valence-electron chi connectivity index (χ3n) is 2.87. The normalized spacial score (nSPS) is 10.3. The molecular formula is C15H11N3S. The van der Waals surface area contributed by atoms with E-state index in [1.54, 1.807) is 11.3 Å². The van der Waals surface area contributed by atoms with E-state index in [-0.39, 0.29) is 0 Å². The second-order valence-electron chi connectivity index (χ2n) is 4.17. The Labute approximate surface area is 115 Å². The zero-order chi connectivity index (χ0) is 13.1. The molecule has 0 saturated heterocycles. The van der Waals surface area contributed by atoms with E-state index in [0.717, 1.165) is 22.8 Å². The molecular weight excluding hydrogens is 254 g/mol. The summed E-state index contributed by atoms with van der Waals surface area (Å²) in [5.74, 6) is 0.970. The van der Waals surface area contributed by atoms with Crippen molar-refractivity contribution in [1.29, 1.82) is 5.26 Å². The number of nitrogens with zero attached hydrogens (tertiary/aromatic N) is 3. The molecule has 4 heteroatoms. The van der Waals surface area contributed by atoms with Crippen LogP contribution in [-0.4, -0.2) is 9.55 Å². The molecule has 92 valence electrons. The van der Waals surface area contributed by atoms with Crippen molar-refractivity contribution in [3.63, 3.8) is 0 Å². The van der Waals surface area contributed by atoms with E-state index in [1.807, 2.05) is 48.1 Å². The van der Waals surface area contributed by atoms with Crippen molar-refractivity contribution in [2.75, 3.05) is 0 Å². The van der Waals surface area contributed by atoms with Crippen molar-refractivity contribution < 1.29 is 0 Å². The third kappa shape index (κ3) is 2.42. The highest BCUT2D eigenvalue weighted by molar-refractivity contribution is 7.13. The number of hydrogen-bond acceptors (Lipinski definition) is 3. The quantitative estimate of drug-likeness (QED) is 0.727. The second kappa shape index (κ2) is 5.09. The zero-order valence-electron chi connectivity index (χ0n) is 10.2. The van der Waals surface area contributed by atoms with Gasteiger partial charge in [-0.3, -0.25) is 0 Å². The summed E-state index contributed by atoms with van der Waals surface area (Å²) in [6.45, 7) is 0.725. The highest BCUT2D eigenvalue weighted by atomic mass is 32.1. The van der Waals surface area contributed by atoms with Gasteiger partial charge >= 0.3 is 0 Å². The minimum atomic E-state index is 0.690. The molecule has 0 amide bonds. The highest BCUT2D eigenvalue weighted by Crippen LogP contribution is 2.23. The van der Waals surface area contributed by atoms with Crippen LogP contribution in [-0.2, 0) is 6.54 Å². The number of rotatable bonds is 3. The van der Waals surface area contributed by atoms with E-state index >= 15 is 0 Å². The van der Waals surface area contributed by atoms with E-state index in [4.69, 9.17) is 5.26 Å². The summed E-state index contributed by atoms with van der Waals surface area (Å²) in [7, 11) is 0.